The molecule has 176 valence electrons. The molecule has 1 aromatic carbocycles. The third-order valence-corrected chi connectivity index (χ3v) is 6.98. The van der Waals surface area contributed by atoms with Crippen LogP contribution in [0.1, 0.15) is 107 Å². The number of phenolic OH excluding ortho intramolecular Hbond substituents is 1. The Balaban J connectivity index is 1.94. The van der Waals surface area contributed by atoms with E-state index in [0.29, 0.717) is 16.9 Å². The van der Waals surface area contributed by atoms with Crippen LogP contribution in [0.25, 0.3) is 6.08 Å². The number of amides is 1. The monoisotopic (exact) mass is 439 g/mol. The quantitative estimate of drug-likeness (QED) is 0.331. The fraction of sp³-hybridized carbons (Fsp3) is 0.607. The van der Waals surface area contributed by atoms with Gasteiger partial charge in [-0.1, -0.05) is 44.3 Å². The number of hydrogen-bond acceptors (Lipinski definition) is 3. The Hall–Kier alpha value is -2.23. The van der Waals surface area contributed by atoms with E-state index in [1.807, 2.05) is 30.2 Å². The Labute approximate surface area is 194 Å². The van der Waals surface area contributed by atoms with Gasteiger partial charge in [0.05, 0.1) is 11.1 Å². The number of phenols is 1. The van der Waals surface area contributed by atoms with E-state index in [-0.39, 0.29) is 17.7 Å². The molecule has 4 nitrogen and oxygen atoms in total. The minimum Gasteiger partial charge on any atom is -0.506 e. The molecule has 1 aliphatic heterocycles. The van der Waals surface area contributed by atoms with Crippen molar-refractivity contribution < 1.29 is 14.6 Å². The van der Waals surface area contributed by atoms with E-state index in [9.17, 15) is 9.90 Å². The summed E-state index contributed by atoms with van der Waals surface area (Å²) in [6, 6.07) is 2.29. The second-order valence-electron chi connectivity index (χ2n) is 10.1. The second kappa shape index (κ2) is 10.6. The highest BCUT2D eigenvalue weighted by Gasteiger charge is 2.33. The zero-order valence-corrected chi connectivity index (χ0v) is 20.7. The maximum absolute atomic E-state index is 13.5. The smallest absolute Gasteiger partial charge is 0.257 e. The lowest BCUT2D eigenvalue weighted by atomic mass is 9.90. The van der Waals surface area contributed by atoms with Gasteiger partial charge in [-0.3, -0.25) is 4.79 Å². The van der Waals surface area contributed by atoms with Gasteiger partial charge in [-0.2, -0.15) is 0 Å². The lowest BCUT2D eigenvalue weighted by Crippen LogP contribution is -2.36. The van der Waals surface area contributed by atoms with Gasteiger partial charge in [0.2, 0.25) is 0 Å². The van der Waals surface area contributed by atoms with Gasteiger partial charge >= 0.3 is 0 Å². The molecular formula is C28H41NO3. The molecule has 32 heavy (non-hydrogen) atoms. The van der Waals surface area contributed by atoms with Crippen molar-refractivity contribution in [3.63, 3.8) is 0 Å². The zero-order chi connectivity index (χ0) is 23.3. The summed E-state index contributed by atoms with van der Waals surface area (Å²) in [6.45, 7) is 8.48. The molecule has 0 bridgehead atoms. The number of ether oxygens (including phenoxy) is 1. The van der Waals surface area contributed by atoms with Crippen LogP contribution in [-0.4, -0.2) is 34.6 Å². The van der Waals surface area contributed by atoms with Gasteiger partial charge in [0, 0.05) is 13.1 Å². The predicted octanol–water partition coefficient (Wildman–Crippen LogP) is 7.05. The van der Waals surface area contributed by atoms with E-state index in [2.05, 4.69) is 33.8 Å². The van der Waals surface area contributed by atoms with Crippen LogP contribution in [-0.2, 0) is 6.42 Å². The van der Waals surface area contributed by atoms with Gasteiger partial charge in [0.25, 0.3) is 5.91 Å². The SMILES string of the molecule is CCCCCc1cc2c(c(O)c1C(=O)N(C)C1CCCC1)C=CC(C)(CCC=C(C)C)O2. The third kappa shape index (κ3) is 5.57. The summed E-state index contributed by atoms with van der Waals surface area (Å²) in [6.07, 6.45) is 16.4. The average Bonchev–Trinajstić information content (AvgIpc) is 3.27. The Morgan fingerprint density at radius 1 is 1.28 bits per heavy atom. The van der Waals surface area contributed by atoms with E-state index in [4.69, 9.17) is 4.74 Å². The Kier molecular flexibility index (Phi) is 8.08. The van der Waals surface area contributed by atoms with Gasteiger partial charge in [0.1, 0.15) is 17.1 Å². The fourth-order valence-corrected chi connectivity index (χ4v) is 4.92. The van der Waals surface area contributed by atoms with Crippen molar-refractivity contribution >= 4 is 12.0 Å². The van der Waals surface area contributed by atoms with Gasteiger partial charge < -0.3 is 14.7 Å². The van der Waals surface area contributed by atoms with Crippen LogP contribution in [0.3, 0.4) is 0 Å². The summed E-state index contributed by atoms with van der Waals surface area (Å²) in [7, 11) is 1.89. The molecule has 1 aliphatic carbocycles. The maximum Gasteiger partial charge on any atom is 0.257 e. The number of rotatable bonds is 9. The number of fused-ring (bicyclic) bond motifs is 1. The highest BCUT2D eigenvalue weighted by atomic mass is 16.5. The van der Waals surface area contributed by atoms with E-state index in [0.717, 1.165) is 56.9 Å². The molecule has 1 amide bonds. The molecule has 1 fully saturated rings. The first kappa shape index (κ1) is 24.4. The molecular weight excluding hydrogens is 398 g/mol. The molecule has 3 rings (SSSR count). The van der Waals surface area contributed by atoms with E-state index >= 15 is 0 Å². The predicted molar refractivity (Wildman–Crippen MR) is 132 cm³/mol. The lowest BCUT2D eigenvalue weighted by Gasteiger charge is -2.33. The Bertz CT molecular complexity index is 875. The minimum absolute atomic E-state index is 0.0611. The molecule has 1 N–H and O–H groups in total. The summed E-state index contributed by atoms with van der Waals surface area (Å²) in [4.78, 5) is 15.4. The van der Waals surface area contributed by atoms with Crippen molar-refractivity contribution in [2.24, 2.45) is 0 Å². The van der Waals surface area contributed by atoms with Crippen LogP contribution >= 0.6 is 0 Å². The number of aryl methyl sites for hydroxylation is 1. The third-order valence-electron chi connectivity index (χ3n) is 6.98. The first-order valence-corrected chi connectivity index (χ1v) is 12.4. The lowest BCUT2D eigenvalue weighted by molar-refractivity contribution is 0.0730. The number of benzene rings is 1. The van der Waals surface area contributed by atoms with Crippen LogP contribution in [0.4, 0.5) is 0 Å². The highest BCUT2D eigenvalue weighted by molar-refractivity contribution is 6.00. The van der Waals surface area contributed by atoms with Gasteiger partial charge in [-0.15, -0.1) is 0 Å². The van der Waals surface area contributed by atoms with Crippen LogP contribution in [0, 0.1) is 0 Å². The molecule has 0 saturated heterocycles. The number of allylic oxidation sites excluding steroid dienone is 2. The first-order chi connectivity index (χ1) is 15.3. The van der Waals surface area contributed by atoms with Crippen molar-refractivity contribution in [3.8, 4) is 11.5 Å². The number of hydrogen-bond donors (Lipinski definition) is 1. The Morgan fingerprint density at radius 2 is 2.00 bits per heavy atom. The van der Waals surface area contributed by atoms with Crippen LogP contribution in [0.15, 0.2) is 23.8 Å². The molecule has 4 heteroatoms. The standard InChI is InChI=1S/C28H41NO3/c1-6-7-8-13-21-19-24-23(16-18-28(4,32-24)17-11-12-20(2)3)26(30)25(21)27(31)29(5)22-14-9-10-15-22/h12,16,18-19,22,30H,6-11,13-15,17H2,1-5H3. The van der Waals surface area contributed by atoms with Crippen molar-refractivity contribution in [1.29, 1.82) is 0 Å². The molecule has 2 aliphatic rings. The summed E-state index contributed by atoms with van der Waals surface area (Å²) in [5.74, 6) is 0.705. The van der Waals surface area contributed by atoms with Crippen molar-refractivity contribution in [2.45, 2.75) is 104 Å². The fourth-order valence-electron chi connectivity index (χ4n) is 4.92. The first-order valence-electron chi connectivity index (χ1n) is 12.4. The molecule has 0 aromatic heterocycles. The zero-order valence-electron chi connectivity index (χ0n) is 20.7. The van der Waals surface area contributed by atoms with Crippen LogP contribution in [0.2, 0.25) is 0 Å². The summed E-state index contributed by atoms with van der Waals surface area (Å²) in [5, 5.41) is 11.3. The average molecular weight is 440 g/mol. The summed E-state index contributed by atoms with van der Waals surface area (Å²) < 4.78 is 6.42. The van der Waals surface area contributed by atoms with Gasteiger partial charge in [-0.05, 0) is 83.1 Å². The van der Waals surface area contributed by atoms with Crippen LogP contribution in [0.5, 0.6) is 11.5 Å². The largest absolute Gasteiger partial charge is 0.506 e. The van der Waals surface area contributed by atoms with Gasteiger partial charge in [0.15, 0.2) is 0 Å². The molecule has 1 heterocycles. The highest BCUT2D eigenvalue weighted by Crippen LogP contribution is 2.42. The molecule has 0 spiro atoms. The second-order valence-corrected chi connectivity index (χ2v) is 10.1. The number of aromatic hydroxyl groups is 1. The molecule has 0 radical (unpaired) electrons. The van der Waals surface area contributed by atoms with Crippen molar-refractivity contribution in [1.82, 2.24) is 4.90 Å². The molecule has 1 saturated carbocycles. The summed E-state index contributed by atoms with van der Waals surface area (Å²) >= 11 is 0. The van der Waals surface area contributed by atoms with Crippen molar-refractivity contribution in [2.75, 3.05) is 7.05 Å². The van der Waals surface area contributed by atoms with E-state index < -0.39 is 5.60 Å². The van der Waals surface area contributed by atoms with Gasteiger partial charge in [-0.25, -0.2) is 0 Å². The Morgan fingerprint density at radius 3 is 2.66 bits per heavy atom. The topological polar surface area (TPSA) is 49.8 Å². The minimum atomic E-state index is -0.418. The normalized spacial score (nSPS) is 20.0. The van der Waals surface area contributed by atoms with Crippen LogP contribution < -0.4 is 4.74 Å². The maximum atomic E-state index is 13.5. The van der Waals surface area contributed by atoms with E-state index in [1.54, 1.807) is 0 Å². The molecule has 1 aromatic rings. The molecule has 1 atom stereocenters. The van der Waals surface area contributed by atoms with Crippen molar-refractivity contribution in [3.05, 3.63) is 40.5 Å². The number of nitrogens with zero attached hydrogens (tertiary/aromatic N) is 1. The van der Waals surface area contributed by atoms with E-state index in [1.165, 1.54) is 18.4 Å². The summed E-state index contributed by atoms with van der Waals surface area (Å²) in [5.41, 5.74) is 2.89. The number of carbonyl (C=O) groups excluding carboxylic acids is 1. The number of unbranched alkanes of at least 4 members (excludes halogenated alkanes) is 2. The molecule has 1 unspecified atom stereocenters. The number of carbonyl (C=O) groups is 1.